The lowest BCUT2D eigenvalue weighted by molar-refractivity contribution is 1.70. The Labute approximate surface area is 151 Å². The molecule has 0 aliphatic heterocycles. The topological polar surface area (TPSA) is 0 Å². The van der Waals surface area contributed by atoms with Crippen LogP contribution in [0.5, 0.6) is 0 Å². The van der Waals surface area contributed by atoms with Gasteiger partial charge in [0.25, 0.3) is 0 Å². The van der Waals surface area contributed by atoms with Gasteiger partial charge in [0.2, 0.25) is 0 Å². The van der Waals surface area contributed by atoms with Gasteiger partial charge in [-0.3, -0.25) is 0 Å². The standard InChI is InChI=1S/C24H15Cl/c25-18-13-16-7-1-4-10-20(16)24(15-18)23-14-17-8-2-3-9-19(17)21-11-5-6-12-22(21)23/h1-15H. The molecule has 0 spiro atoms. The third-order valence-corrected chi connectivity index (χ3v) is 5.10. The molecular weight excluding hydrogens is 324 g/mol. The normalized spacial score (nSPS) is 11.4. The second-order valence-corrected chi connectivity index (χ2v) is 6.80. The molecule has 5 aromatic rings. The number of hydrogen-bond acceptors (Lipinski definition) is 0. The van der Waals surface area contributed by atoms with Crippen LogP contribution in [0.1, 0.15) is 0 Å². The third kappa shape index (κ3) is 2.30. The predicted octanol–water partition coefficient (Wildman–Crippen LogP) is 7.47. The maximum absolute atomic E-state index is 6.44. The van der Waals surface area contributed by atoms with Gasteiger partial charge < -0.3 is 0 Å². The number of hydrogen-bond donors (Lipinski definition) is 0. The quantitative estimate of drug-likeness (QED) is 0.278. The Morgan fingerprint density at radius 2 is 0.960 bits per heavy atom. The van der Waals surface area contributed by atoms with Crippen molar-refractivity contribution in [1.29, 1.82) is 0 Å². The van der Waals surface area contributed by atoms with E-state index >= 15 is 0 Å². The summed E-state index contributed by atoms with van der Waals surface area (Å²) < 4.78 is 0. The summed E-state index contributed by atoms with van der Waals surface area (Å²) in [5, 5.41) is 8.24. The third-order valence-electron chi connectivity index (χ3n) is 4.88. The molecule has 0 heterocycles. The first-order valence-corrected chi connectivity index (χ1v) is 8.78. The average Bonchev–Trinajstić information content (AvgIpc) is 2.66. The molecule has 25 heavy (non-hydrogen) atoms. The van der Waals surface area contributed by atoms with Gasteiger partial charge in [-0.25, -0.2) is 0 Å². The maximum Gasteiger partial charge on any atom is 0.0418 e. The molecule has 0 saturated carbocycles. The summed E-state index contributed by atoms with van der Waals surface area (Å²) in [4.78, 5) is 0. The van der Waals surface area contributed by atoms with Gasteiger partial charge in [0, 0.05) is 5.02 Å². The van der Waals surface area contributed by atoms with E-state index in [1.807, 2.05) is 6.07 Å². The highest BCUT2D eigenvalue weighted by Crippen LogP contribution is 2.39. The van der Waals surface area contributed by atoms with Crippen LogP contribution in [0.4, 0.5) is 0 Å². The second kappa shape index (κ2) is 5.61. The van der Waals surface area contributed by atoms with Crippen LogP contribution in [0.2, 0.25) is 5.02 Å². The van der Waals surface area contributed by atoms with E-state index in [4.69, 9.17) is 11.6 Å². The average molecular weight is 339 g/mol. The molecule has 0 amide bonds. The van der Waals surface area contributed by atoms with Crippen LogP contribution in [-0.2, 0) is 0 Å². The van der Waals surface area contributed by atoms with Crippen LogP contribution in [0.3, 0.4) is 0 Å². The van der Waals surface area contributed by atoms with Crippen LogP contribution in [0.15, 0.2) is 91.0 Å². The molecule has 0 nitrogen and oxygen atoms in total. The lowest BCUT2D eigenvalue weighted by Gasteiger charge is -2.13. The lowest BCUT2D eigenvalue weighted by atomic mass is 9.91. The fraction of sp³-hybridized carbons (Fsp3) is 0. The summed E-state index contributed by atoms with van der Waals surface area (Å²) in [6, 6.07) is 32.0. The van der Waals surface area contributed by atoms with E-state index in [0.29, 0.717) is 0 Å². The molecule has 0 bridgehead atoms. The van der Waals surface area contributed by atoms with Gasteiger partial charge >= 0.3 is 0 Å². The zero-order valence-corrected chi connectivity index (χ0v) is 14.3. The van der Waals surface area contributed by atoms with Crippen molar-refractivity contribution in [2.45, 2.75) is 0 Å². The smallest absolute Gasteiger partial charge is 0.0418 e. The maximum atomic E-state index is 6.44. The highest BCUT2D eigenvalue weighted by atomic mass is 35.5. The van der Waals surface area contributed by atoms with E-state index in [0.717, 1.165) is 5.02 Å². The highest BCUT2D eigenvalue weighted by molar-refractivity contribution is 6.32. The Balaban J connectivity index is 1.99. The van der Waals surface area contributed by atoms with Gasteiger partial charge in [0.05, 0.1) is 0 Å². The molecule has 0 fully saturated rings. The van der Waals surface area contributed by atoms with Crippen molar-refractivity contribution in [2.75, 3.05) is 0 Å². The van der Waals surface area contributed by atoms with Crippen molar-refractivity contribution in [3.8, 4) is 11.1 Å². The molecule has 0 saturated heterocycles. The van der Waals surface area contributed by atoms with Crippen molar-refractivity contribution < 1.29 is 0 Å². The SMILES string of the molecule is Clc1cc(-c2cc3ccccc3c3ccccc23)c2ccccc2c1. The zero-order valence-electron chi connectivity index (χ0n) is 13.5. The molecule has 5 aromatic carbocycles. The fourth-order valence-corrected chi connectivity index (χ4v) is 4.00. The van der Waals surface area contributed by atoms with Gasteiger partial charge in [0.15, 0.2) is 0 Å². The lowest BCUT2D eigenvalue weighted by Crippen LogP contribution is -1.86. The van der Waals surface area contributed by atoms with Gasteiger partial charge in [-0.2, -0.15) is 0 Å². The van der Waals surface area contributed by atoms with Crippen molar-refractivity contribution in [1.82, 2.24) is 0 Å². The van der Waals surface area contributed by atoms with E-state index in [2.05, 4.69) is 84.9 Å². The van der Waals surface area contributed by atoms with Crippen LogP contribution >= 0.6 is 11.6 Å². The first-order chi connectivity index (χ1) is 12.3. The molecule has 0 atom stereocenters. The van der Waals surface area contributed by atoms with Gasteiger partial charge in [0.1, 0.15) is 0 Å². The Morgan fingerprint density at radius 1 is 0.440 bits per heavy atom. The minimum Gasteiger partial charge on any atom is -0.0843 e. The largest absolute Gasteiger partial charge is 0.0843 e. The van der Waals surface area contributed by atoms with Crippen LogP contribution in [-0.4, -0.2) is 0 Å². The number of rotatable bonds is 1. The Kier molecular flexibility index (Phi) is 3.26. The van der Waals surface area contributed by atoms with E-state index in [-0.39, 0.29) is 0 Å². The highest BCUT2D eigenvalue weighted by Gasteiger charge is 2.11. The first kappa shape index (κ1) is 14.5. The van der Waals surface area contributed by atoms with Crippen molar-refractivity contribution in [3.63, 3.8) is 0 Å². The first-order valence-electron chi connectivity index (χ1n) is 8.40. The minimum absolute atomic E-state index is 0.769. The molecule has 0 unspecified atom stereocenters. The summed E-state index contributed by atoms with van der Waals surface area (Å²) >= 11 is 6.44. The predicted molar refractivity (Wildman–Crippen MR) is 109 cm³/mol. The monoisotopic (exact) mass is 338 g/mol. The van der Waals surface area contributed by atoms with Gasteiger partial charge in [-0.15, -0.1) is 0 Å². The number of benzene rings is 5. The Hall–Kier alpha value is -2.83. The summed E-state index contributed by atoms with van der Waals surface area (Å²) in [6.07, 6.45) is 0. The summed E-state index contributed by atoms with van der Waals surface area (Å²) in [5.74, 6) is 0. The van der Waals surface area contributed by atoms with Crippen LogP contribution in [0.25, 0.3) is 43.4 Å². The summed E-state index contributed by atoms with van der Waals surface area (Å²) in [7, 11) is 0. The van der Waals surface area contributed by atoms with E-state index in [1.165, 1.54) is 43.4 Å². The van der Waals surface area contributed by atoms with Gasteiger partial charge in [-0.1, -0.05) is 84.4 Å². The molecule has 0 aromatic heterocycles. The van der Waals surface area contributed by atoms with Crippen LogP contribution < -0.4 is 0 Å². The molecule has 1 heteroatoms. The summed E-state index contributed by atoms with van der Waals surface area (Å²) in [6.45, 7) is 0. The van der Waals surface area contributed by atoms with Crippen molar-refractivity contribution >= 4 is 43.9 Å². The Morgan fingerprint density at radius 3 is 1.72 bits per heavy atom. The minimum atomic E-state index is 0.769. The molecule has 0 N–H and O–H groups in total. The fourth-order valence-electron chi connectivity index (χ4n) is 3.77. The second-order valence-electron chi connectivity index (χ2n) is 6.37. The molecule has 5 rings (SSSR count). The molecule has 0 radical (unpaired) electrons. The molecule has 0 aliphatic carbocycles. The summed E-state index contributed by atoms with van der Waals surface area (Å²) in [5.41, 5.74) is 2.41. The zero-order chi connectivity index (χ0) is 16.8. The number of halogens is 1. The van der Waals surface area contributed by atoms with Crippen molar-refractivity contribution in [3.05, 3.63) is 96.0 Å². The number of fused-ring (bicyclic) bond motifs is 4. The van der Waals surface area contributed by atoms with E-state index in [1.54, 1.807) is 0 Å². The van der Waals surface area contributed by atoms with Crippen molar-refractivity contribution in [2.24, 2.45) is 0 Å². The van der Waals surface area contributed by atoms with E-state index in [9.17, 15) is 0 Å². The van der Waals surface area contributed by atoms with Gasteiger partial charge in [-0.05, 0) is 61.6 Å². The molecule has 0 aliphatic rings. The van der Waals surface area contributed by atoms with E-state index < -0.39 is 0 Å². The Bertz CT molecular complexity index is 1250. The molecular formula is C24H15Cl. The van der Waals surface area contributed by atoms with Crippen LogP contribution in [0, 0.1) is 0 Å². The molecule has 118 valence electrons.